The average molecular weight is 281 g/mol. The first kappa shape index (κ1) is 15.0. The van der Waals surface area contributed by atoms with Crippen LogP contribution >= 0.6 is 0 Å². The van der Waals surface area contributed by atoms with Gasteiger partial charge < -0.3 is 4.90 Å². The molecule has 0 aromatic heterocycles. The zero-order valence-electron chi connectivity index (χ0n) is 12.4. The van der Waals surface area contributed by atoms with Gasteiger partial charge in [0.05, 0.1) is 0 Å². The van der Waals surface area contributed by atoms with Crippen LogP contribution in [0.25, 0.3) is 0 Å². The van der Waals surface area contributed by atoms with E-state index in [1.165, 1.54) is 4.90 Å². The van der Waals surface area contributed by atoms with Crippen molar-refractivity contribution in [1.82, 2.24) is 15.1 Å². The van der Waals surface area contributed by atoms with E-state index in [9.17, 15) is 14.4 Å². The third kappa shape index (κ3) is 3.00. The minimum absolute atomic E-state index is 0.101. The Morgan fingerprint density at radius 2 is 1.80 bits per heavy atom. The molecule has 2 fully saturated rings. The lowest BCUT2D eigenvalue weighted by Crippen LogP contribution is -2.60. The van der Waals surface area contributed by atoms with Gasteiger partial charge in [-0.15, -0.1) is 0 Å². The molecule has 4 amide bonds. The first-order valence-electron chi connectivity index (χ1n) is 7.25. The van der Waals surface area contributed by atoms with Gasteiger partial charge in [0.2, 0.25) is 11.8 Å². The fourth-order valence-electron chi connectivity index (χ4n) is 2.89. The maximum Gasteiger partial charge on any atom is 0.330 e. The lowest BCUT2D eigenvalue weighted by Gasteiger charge is -2.36. The van der Waals surface area contributed by atoms with E-state index in [1.54, 1.807) is 0 Å². The van der Waals surface area contributed by atoms with E-state index in [4.69, 9.17) is 0 Å². The first-order chi connectivity index (χ1) is 9.40. The van der Waals surface area contributed by atoms with Crippen LogP contribution in [0.3, 0.4) is 0 Å². The Balaban J connectivity index is 2.04. The molecule has 0 saturated carbocycles. The Bertz CT molecular complexity index is 414. The average Bonchev–Trinajstić information content (AvgIpc) is 2.36. The summed E-state index contributed by atoms with van der Waals surface area (Å²) >= 11 is 0. The third-order valence-corrected chi connectivity index (χ3v) is 4.24. The fourth-order valence-corrected chi connectivity index (χ4v) is 2.89. The highest BCUT2D eigenvalue weighted by atomic mass is 16.2. The van der Waals surface area contributed by atoms with Gasteiger partial charge in [-0.2, -0.15) is 0 Å². The molecule has 2 rings (SSSR count). The van der Waals surface area contributed by atoms with Crippen LogP contribution in [0, 0.1) is 17.8 Å². The number of hydrogen-bond donors (Lipinski definition) is 1. The van der Waals surface area contributed by atoms with Crippen molar-refractivity contribution in [3.05, 3.63) is 0 Å². The van der Waals surface area contributed by atoms with Crippen LogP contribution in [0.5, 0.6) is 0 Å². The number of amides is 4. The topological polar surface area (TPSA) is 69.7 Å². The zero-order valence-corrected chi connectivity index (χ0v) is 12.4. The van der Waals surface area contributed by atoms with E-state index >= 15 is 0 Å². The van der Waals surface area contributed by atoms with Crippen molar-refractivity contribution < 1.29 is 14.4 Å². The van der Waals surface area contributed by atoms with Crippen LogP contribution in [-0.2, 0) is 9.59 Å². The van der Waals surface area contributed by atoms with E-state index in [0.29, 0.717) is 12.5 Å². The van der Waals surface area contributed by atoms with Gasteiger partial charge in [-0.25, -0.2) is 4.79 Å². The summed E-state index contributed by atoms with van der Waals surface area (Å²) < 4.78 is 0. The van der Waals surface area contributed by atoms with Gasteiger partial charge in [-0.1, -0.05) is 13.8 Å². The summed E-state index contributed by atoms with van der Waals surface area (Å²) in [6, 6.07) is -0.559. The first-order valence-corrected chi connectivity index (χ1v) is 7.25. The molecule has 2 saturated heterocycles. The van der Waals surface area contributed by atoms with Crippen molar-refractivity contribution >= 4 is 17.8 Å². The summed E-state index contributed by atoms with van der Waals surface area (Å²) in [7, 11) is 2.07. The Labute approximate surface area is 119 Å². The highest BCUT2D eigenvalue weighted by Gasteiger charge is 2.42. The van der Waals surface area contributed by atoms with Crippen molar-refractivity contribution in [2.75, 3.05) is 26.7 Å². The molecule has 0 aromatic carbocycles. The van der Waals surface area contributed by atoms with Crippen LogP contribution < -0.4 is 5.32 Å². The molecule has 6 nitrogen and oxygen atoms in total. The largest absolute Gasteiger partial charge is 0.330 e. The maximum absolute atomic E-state index is 12.4. The monoisotopic (exact) mass is 281 g/mol. The van der Waals surface area contributed by atoms with E-state index < -0.39 is 17.9 Å². The predicted octanol–water partition coefficient (Wildman–Crippen LogP) is 0.679. The van der Waals surface area contributed by atoms with Gasteiger partial charge in [0.25, 0.3) is 0 Å². The van der Waals surface area contributed by atoms with E-state index in [-0.39, 0.29) is 11.8 Å². The SMILES string of the molecule is CC(C)C1C(=O)NC(=O)N(CC2CCN(C)CC2)C1=O. The smallest absolute Gasteiger partial charge is 0.306 e. The summed E-state index contributed by atoms with van der Waals surface area (Å²) in [4.78, 5) is 39.5. The Morgan fingerprint density at radius 1 is 1.20 bits per heavy atom. The minimum atomic E-state index is -0.737. The van der Waals surface area contributed by atoms with Crippen LogP contribution in [0.2, 0.25) is 0 Å². The van der Waals surface area contributed by atoms with Gasteiger partial charge in [0, 0.05) is 6.54 Å². The number of urea groups is 1. The maximum atomic E-state index is 12.4. The number of piperidine rings is 1. The van der Waals surface area contributed by atoms with Crippen LogP contribution in [0.15, 0.2) is 0 Å². The number of likely N-dealkylation sites (tertiary alicyclic amines) is 1. The normalized spacial score (nSPS) is 26.3. The lowest BCUT2D eigenvalue weighted by molar-refractivity contribution is -0.145. The van der Waals surface area contributed by atoms with Crippen molar-refractivity contribution in [2.45, 2.75) is 26.7 Å². The van der Waals surface area contributed by atoms with Gasteiger partial charge in [0.15, 0.2) is 0 Å². The van der Waals surface area contributed by atoms with E-state index in [2.05, 4.69) is 17.3 Å². The molecular weight excluding hydrogens is 258 g/mol. The summed E-state index contributed by atoms with van der Waals surface area (Å²) in [6.07, 6.45) is 1.96. The van der Waals surface area contributed by atoms with E-state index in [0.717, 1.165) is 25.9 Å². The van der Waals surface area contributed by atoms with Crippen LogP contribution in [0.1, 0.15) is 26.7 Å². The second-order valence-electron chi connectivity index (χ2n) is 6.21. The second kappa shape index (κ2) is 5.91. The number of nitrogens with zero attached hydrogens (tertiary/aromatic N) is 2. The molecule has 1 N–H and O–H groups in total. The van der Waals surface area contributed by atoms with Gasteiger partial charge >= 0.3 is 6.03 Å². The molecule has 20 heavy (non-hydrogen) atoms. The van der Waals surface area contributed by atoms with Gasteiger partial charge in [-0.3, -0.25) is 19.8 Å². The van der Waals surface area contributed by atoms with Crippen LogP contribution in [0.4, 0.5) is 4.79 Å². The zero-order chi connectivity index (χ0) is 14.9. The Kier molecular flexibility index (Phi) is 4.42. The van der Waals surface area contributed by atoms with Crippen molar-refractivity contribution in [2.24, 2.45) is 17.8 Å². The lowest BCUT2D eigenvalue weighted by atomic mass is 9.90. The number of carbonyl (C=O) groups excluding carboxylic acids is 3. The highest BCUT2D eigenvalue weighted by molar-refractivity contribution is 6.16. The third-order valence-electron chi connectivity index (χ3n) is 4.24. The standard InChI is InChI=1S/C14H23N3O3/c1-9(2)11-12(18)15-14(20)17(13(11)19)8-10-4-6-16(3)7-5-10/h9-11H,4-8H2,1-3H3,(H,15,18,20). The highest BCUT2D eigenvalue weighted by Crippen LogP contribution is 2.23. The number of nitrogens with one attached hydrogen (secondary N) is 1. The van der Waals surface area contributed by atoms with Crippen molar-refractivity contribution in [3.63, 3.8) is 0 Å². The second-order valence-corrected chi connectivity index (χ2v) is 6.21. The van der Waals surface area contributed by atoms with Crippen molar-refractivity contribution in [1.29, 1.82) is 0 Å². The molecule has 2 aliphatic heterocycles. The molecule has 0 aromatic rings. The number of imide groups is 2. The minimum Gasteiger partial charge on any atom is -0.306 e. The Hall–Kier alpha value is -1.43. The molecular formula is C14H23N3O3. The quantitative estimate of drug-likeness (QED) is 0.772. The number of carbonyl (C=O) groups is 3. The number of hydrogen-bond acceptors (Lipinski definition) is 4. The molecule has 0 bridgehead atoms. The Morgan fingerprint density at radius 3 is 2.35 bits per heavy atom. The van der Waals surface area contributed by atoms with Gasteiger partial charge in [0.1, 0.15) is 5.92 Å². The number of rotatable bonds is 3. The molecule has 1 atom stereocenters. The molecule has 0 radical (unpaired) electrons. The number of barbiturate groups is 1. The van der Waals surface area contributed by atoms with Gasteiger partial charge in [-0.05, 0) is 44.8 Å². The fraction of sp³-hybridized carbons (Fsp3) is 0.786. The molecule has 2 aliphatic rings. The summed E-state index contributed by atoms with van der Waals surface area (Å²) in [6.45, 7) is 6.05. The molecule has 0 spiro atoms. The summed E-state index contributed by atoms with van der Waals surface area (Å²) in [5.41, 5.74) is 0. The molecule has 0 aliphatic carbocycles. The van der Waals surface area contributed by atoms with Crippen LogP contribution in [-0.4, -0.2) is 54.3 Å². The molecule has 1 unspecified atom stereocenters. The molecule has 2 heterocycles. The molecule has 112 valence electrons. The van der Waals surface area contributed by atoms with Crippen molar-refractivity contribution in [3.8, 4) is 0 Å². The summed E-state index contributed by atoms with van der Waals surface area (Å²) in [5.74, 6) is -1.31. The van der Waals surface area contributed by atoms with E-state index in [1.807, 2.05) is 13.8 Å². The predicted molar refractivity (Wildman–Crippen MR) is 73.8 cm³/mol. The summed E-state index contributed by atoms with van der Waals surface area (Å²) in [5, 5.41) is 2.31. The molecule has 6 heteroatoms.